The van der Waals surface area contributed by atoms with Crippen LogP contribution >= 0.6 is 11.3 Å². The summed E-state index contributed by atoms with van der Waals surface area (Å²) in [4.78, 5) is 23.8. The molecule has 1 heterocycles. The second-order valence-corrected chi connectivity index (χ2v) is 5.56. The molecule has 2 rings (SSSR count). The van der Waals surface area contributed by atoms with Crippen LogP contribution in [0.4, 0.5) is 5.00 Å². The molecule has 1 fully saturated rings. The molecule has 1 aromatic rings. The van der Waals surface area contributed by atoms with E-state index in [2.05, 4.69) is 5.32 Å². The molecule has 0 bridgehead atoms. The van der Waals surface area contributed by atoms with Gasteiger partial charge in [-0.05, 0) is 37.6 Å². The highest BCUT2D eigenvalue weighted by Gasteiger charge is 2.28. The summed E-state index contributed by atoms with van der Waals surface area (Å²) in [6, 6.07) is 1.78. The minimum atomic E-state index is -0.401. The first-order chi connectivity index (χ1) is 9.11. The van der Waals surface area contributed by atoms with Crippen molar-refractivity contribution in [3.8, 4) is 0 Å². The summed E-state index contributed by atoms with van der Waals surface area (Å²) in [7, 11) is 0. The fourth-order valence-electron chi connectivity index (χ4n) is 2.24. The van der Waals surface area contributed by atoms with Gasteiger partial charge in [0.1, 0.15) is 5.00 Å². The third-order valence-corrected chi connectivity index (χ3v) is 4.07. The van der Waals surface area contributed by atoms with Crippen LogP contribution in [-0.4, -0.2) is 24.5 Å². The predicted octanol–water partition coefficient (Wildman–Crippen LogP) is 1.99. The summed E-state index contributed by atoms with van der Waals surface area (Å²) >= 11 is 1.33. The molecule has 6 heteroatoms. The number of hydrogen-bond acceptors (Lipinski definition) is 5. The first-order valence-corrected chi connectivity index (χ1v) is 7.30. The van der Waals surface area contributed by atoms with E-state index in [0.717, 1.165) is 12.8 Å². The molecule has 1 amide bonds. The van der Waals surface area contributed by atoms with Crippen molar-refractivity contribution >= 4 is 28.2 Å². The summed E-state index contributed by atoms with van der Waals surface area (Å²) in [6.45, 7) is 2.07. The van der Waals surface area contributed by atoms with Gasteiger partial charge in [-0.3, -0.25) is 4.79 Å². The van der Waals surface area contributed by atoms with Gasteiger partial charge in [0.15, 0.2) is 0 Å². The van der Waals surface area contributed by atoms with Crippen molar-refractivity contribution in [1.29, 1.82) is 0 Å². The summed E-state index contributed by atoms with van der Waals surface area (Å²) in [6.07, 6.45) is 2.41. The zero-order chi connectivity index (χ0) is 13.8. The third kappa shape index (κ3) is 3.33. The molecule has 5 nitrogen and oxygen atoms in total. The molecule has 0 aromatic carbocycles. The SMILES string of the molecule is CCOC(=O)c1ccsc1NC(=O)C1CCC(N)C1. The smallest absolute Gasteiger partial charge is 0.341 e. The van der Waals surface area contributed by atoms with Crippen LogP contribution in [0.25, 0.3) is 0 Å². The van der Waals surface area contributed by atoms with Crippen molar-refractivity contribution in [2.45, 2.75) is 32.2 Å². The fraction of sp³-hybridized carbons (Fsp3) is 0.538. The number of amides is 1. The number of nitrogens with two attached hydrogens (primary N) is 1. The Labute approximate surface area is 116 Å². The van der Waals surface area contributed by atoms with E-state index in [1.165, 1.54) is 11.3 Å². The van der Waals surface area contributed by atoms with Gasteiger partial charge in [0.05, 0.1) is 12.2 Å². The molecular formula is C13H18N2O3S. The van der Waals surface area contributed by atoms with Crippen molar-refractivity contribution < 1.29 is 14.3 Å². The Morgan fingerprint density at radius 2 is 2.32 bits per heavy atom. The standard InChI is InChI=1S/C13H18N2O3S/c1-2-18-13(17)10-5-6-19-12(10)15-11(16)8-3-4-9(14)7-8/h5-6,8-9H,2-4,7,14H2,1H3,(H,15,16). The number of carbonyl (C=O) groups excluding carboxylic acids is 2. The van der Waals surface area contributed by atoms with Gasteiger partial charge in [-0.25, -0.2) is 4.79 Å². The van der Waals surface area contributed by atoms with E-state index in [9.17, 15) is 9.59 Å². The van der Waals surface area contributed by atoms with Crippen LogP contribution in [0.3, 0.4) is 0 Å². The van der Waals surface area contributed by atoms with Crippen LogP contribution in [0.2, 0.25) is 0 Å². The van der Waals surface area contributed by atoms with Crippen LogP contribution in [0.15, 0.2) is 11.4 Å². The lowest BCUT2D eigenvalue weighted by Crippen LogP contribution is -2.23. The topological polar surface area (TPSA) is 81.4 Å². The van der Waals surface area contributed by atoms with Crippen molar-refractivity contribution in [1.82, 2.24) is 0 Å². The molecule has 0 aliphatic heterocycles. The molecule has 1 saturated carbocycles. The lowest BCUT2D eigenvalue weighted by molar-refractivity contribution is -0.119. The lowest BCUT2D eigenvalue weighted by Gasteiger charge is -2.10. The molecule has 0 spiro atoms. The Kier molecular flexibility index (Phi) is 4.55. The highest BCUT2D eigenvalue weighted by Crippen LogP contribution is 2.28. The van der Waals surface area contributed by atoms with Crippen LogP contribution in [0.1, 0.15) is 36.5 Å². The van der Waals surface area contributed by atoms with Crippen molar-refractivity contribution in [3.05, 3.63) is 17.0 Å². The van der Waals surface area contributed by atoms with Crippen LogP contribution in [-0.2, 0) is 9.53 Å². The van der Waals surface area contributed by atoms with Gasteiger partial charge in [-0.15, -0.1) is 11.3 Å². The number of ether oxygens (including phenoxy) is 1. The van der Waals surface area contributed by atoms with Crippen LogP contribution in [0.5, 0.6) is 0 Å². The van der Waals surface area contributed by atoms with Crippen molar-refractivity contribution in [2.75, 3.05) is 11.9 Å². The molecule has 19 heavy (non-hydrogen) atoms. The first-order valence-electron chi connectivity index (χ1n) is 6.42. The maximum atomic E-state index is 12.1. The Bertz CT molecular complexity index is 472. The van der Waals surface area contributed by atoms with E-state index in [-0.39, 0.29) is 17.9 Å². The summed E-state index contributed by atoms with van der Waals surface area (Å²) in [5.74, 6) is -0.504. The molecule has 104 valence electrons. The number of anilines is 1. The average molecular weight is 282 g/mol. The number of hydrogen-bond donors (Lipinski definition) is 2. The Hall–Kier alpha value is -1.40. The number of nitrogens with one attached hydrogen (secondary N) is 1. The van der Waals surface area contributed by atoms with E-state index >= 15 is 0 Å². The molecular weight excluding hydrogens is 264 g/mol. The minimum absolute atomic E-state index is 0.0489. The van der Waals surface area contributed by atoms with E-state index in [1.807, 2.05) is 0 Å². The second kappa shape index (κ2) is 6.16. The van der Waals surface area contributed by atoms with Crippen molar-refractivity contribution in [2.24, 2.45) is 11.7 Å². The van der Waals surface area contributed by atoms with E-state index in [1.54, 1.807) is 18.4 Å². The molecule has 2 atom stereocenters. The highest BCUT2D eigenvalue weighted by molar-refractivity contribution is 7.14. The van der Waals surface area contributed by atoms with E-state index < -0.39 is 5.97 Å². The van der Waals surface area contributed by atoms with E-state index in [0.29, 0.717) is 23.6 Å². The summed E-state index contributed by atoms with van der Waals surface area (Å²) in [5, 5.41) is 5.14. The third-order valence-electron chi connectivity index (χ3n) is 3.24. The highest BCUT2D eigenvalue weighted by atomic mass is 32.1. The Morgan fingerprint density at radius 3 is 2.95 bits per heavy atom. The van der Waals surface area contributed by atoms with Crippen LogP contribution < -0.4 is 11.1 Å². The van der Waals surface area contributed by atoms with Gasteiger partial charge in [0.25, 0.3) is 0 Å². The van der Waals surface area contributed by atoms with Crippen LogP contribution in [0, 0.1) is 5.92 Å². The Morgan fingerprint density at radius 1 is 1.53 bits per heavy atom. The zero-order valence-electron chi connectivity index (χ0n) is 10.8. The van der Waals surface area contributed by atoms with Gasteiger partial charge >= 0.3 is 5.97 Å². The lowest BCUT2D eigenvalue weighted by atomic mass is 10.1. The van der Waals surface area contributed by atoms with E-state index in [4.69, 9.17) is 10.5 Å². The average Bonchev–Trinajstić information content (AvgIpc) is 2.98. The van der Waals surface area contributed by atoms with Crippen molar-refractivity contribution in [3.63, 3.8) is 0 Å². The summed E-state index contributed by atoms with van der Waals surface area (Å²) < 4.78 is 4.95. The van der Waals surface area contributed by atoms with Gasteiger partial charge < -0.3 is 15.8 Å². The molecule has 1 aliphatic rings. The molecule has 3 N–H and O–H groups in total. The molecule has 0 radical (unpaired) electrons. The second-order valence-electron chi connectivity index (χ2n) is 4.64. The number of rotatable bonds is 4. The predicted molar refractivity (Wildman–Crippen MR) is 74.2 cm³/mol. The Balaban J connectivity index is 2.01. The molecule has 1 aromatic heterocycles. The minimum Gasteiger partial charge on any atom is -0.462 e. The first kappa shape index (κ1) is 14.0. The molecule has 0 saturated heterocycles. The largest absolute Gasteiger partial charge is 0.462 e. The monoisotopic (exact) mass is 282 g/mol. The number of carbonyl (C=O) groups is 2. The molecule has 1 aliphatic carbocycles. The fourth-order valence-corrected chi connectivity index (χ4v) is 3.02. The zero-order valence-corrected chi connectivity index (χ0v) is 11.7. The normalized spacial score (nSPS) is 22.2. The number of thiophene rings is 1. The van der Waals surface area contributed by atoms with Gasteiger partial charge in [-0.2, -0.15) is 0 Å². The quantitative estimate of drug-likeness (QED) is 0.827. The van der Waals surface area contributed by atoms with Gasteiger partial charge in [0, 0.05) is 12.0 Å². The molecule has 2 unspecified atom stereocenters. The number of esters is 1. The van der Waals surface area contributed by atoms with Gasteiger partial charge in [-0.1, -0.05) is 0 Å². The van der Waals surface area contributed by atoms with Gasteiger partial charge in [0.2, 0.25) is 5.91 Å². The maximum Gasteiger partial charge on any atom is 0.341 e. The maximum absolute atomic E-state index is 12.1. The summed E-state index contributed by atoms with van der Waals surface area (Å²) in [5.41, 5.74) is 6.22.